The van der Waals surface area contributed by atoms with Crippen LogP contribution in [0.2, 0.25) is 0 Å². The van der Waals surface area contributed by atoms with Crippen molar-refractivity contribution in [2.45, 2.75) is 205 Å². The summed E-state index contributed by atoms with van der Waals surface area (Å²) >= 11 is 0. The summed E-state index contributed by atoms with van der Waals surface area (Å²) in [5, 5.41) is 43.5. The number of nitrogens with two attached hydrogens (primary N) is 1. The Kier molecular flexibility index (Phi) is 39.1. The normalized spacial score (nSPS) is 12.3. The van der Waals surface area contributed by atoms with E-state index in [9.17, 15) is 66.6 Å². The molecule has 0 aliphatic carbocycles. The molecule has 26 nitrogen and oxygen atoms in total. The minimum absolute atomic E-state index is 0.0362. The molecule has 84 heavy (non-hydrogen) atoms. The topological polar surface area (TPSA) is 404 Å². The number of carbonyl (C=O) groups excluding carboxylic acids is 8. The second-order valence-electron chi connectivity index (χ2n) is 21.1. The summed E-state index contributed by atoms with van der Waals surface area (Å²) in [6.07, 6.45) is 15.3. The van der Waals surface area contributed by atoms with Crippen molar-refractivity contribution in [3.63, 3.8) is 0 Å². The number of hydrogen-bond acceptors (Lipinski definition) is 17. The number of nitrogens with zero attached hydrogens (tertiary/aromatic N) is 3. The zero-order chi connectivity index (χ0) is 61.8. The number of Topliss-reactive ketones (excluding diaryl/α,β-unsaturated/α-hetero) is 2. The molecule has 2 rings (SSSR count). The second kappa shape index (κ2) is 44.7. The number of tetrazole rings is 1. The molecule has 0 saturated carbocycles. The van der Waals surface area contributed by atoms with Crippen LogP contribution in [-0.2, 0) is 69.1 Å². The smallest absolute Gasteiger partial charge is 0.326 e. The van der Waals surface area contributed by atoms with Crippen molar-refractivity contribution in [1.29, 1.82) is 0 Å². The third-order valence-electron chi connectivity index (χ3n) is 13.7. The van der Waals surface area contributed by atoms with Gasteiger partial charge in [0.25, 0.3) is 5.91 Å². The van der Waals surface area contributed by atoms with Gasteiger partial charge < -0.3 is 46.7 Å². The Morgan fingerprint density at radius 1 is 0.571 bits per heavy atom. The fourth-order valence-electron chi connectivity index (χ4n) is 8.81. The summed E-state index contributed by atoms with van der Waals surface area (Å²) in [5.74, 6) is -7.60. The first kappa shape index (κ1) is 73.4. The number of ketones is 2. The monoisotopic (exact) mass is 1200 g/mol. The van der Waals surface area contributed by atoms with Crippen LogP contribution in [0.5, 0.6) is 0 Å². The first-order valence-corrected chi connectivity index (χ1v) is 31.3. The number of unbranched alkanes of at least 4 members (excludes halogenated alkanes) is 13. The molecule has 0 spiro atoms. The lowest BCUT2D eigenvalue weighted by Crippen LogP contribution is -2.45. The van der Waals surface area contributed by atoms with Crippen LogP contribution < -0.4 is 31.7 Å². The van der Waals surface area contributed by atoms with Crippen molar-refractivity contribution < 1.29 is 76.0 Å². The fourth-order valence-corrected chi connectivity index (χ4v) is 9.89. The number of benzene rings is 1. The van der Waals surface area contributed by atoms with Crippen LogP contribution in [0.1, 0.15) is 202 Å². The summed E-state index contributed by atoms with van der Waals surface area (Å²) in [5.41, 5.74) is 7.03. The van der Waals surface area contributed by atoms with Gasteiger partial charge in [0.1, 0.15) is 30.3 Å². The molecule has 0 aliphatic rings. The number of aliphatic carboxylic acids is 2. The van der Waals surface area contributed by atoms with Gasteiger partial charge >= 0.3 is 11.9 Å². The van der Waals surface area contributed by atoms with E-state index < -0.39 is 93.9 Å². The highest BCUT2D eigenvalue weighted by Gasteiger charge is 2.26. The minimum atomic E-state index is -3.92. The average Bonchev–Trinajstić information content (AvgIpc) is 4.03. The molecule has 10 N–H and O–H groups in total. The standard InChI is InChI=1S/C57H92N10O16S/c1-42-26-28-43(29-27-42)55(75)60-34-16-15-22-47(54(58)74)61-53(73)41-83-38-37-82-36-18-21-45(68)31-32-48(57(78)79)62-51(71)33-30-44(56(76)77)40-46(69)20-17-35-59-50(70)25-19-39-84(80,81)65-52(72)24-14-12-10-8-6-4-2-3-5-7-9-11-13-23-49-63-66-67-64-49/h26-29,44,47-48H,2-25,30-41H2,1H3,(H2,58,74)(H,59,70)(H,60,75)(H,61,73)(H,62,71)(H,65,72)(H,76,77)(H,78,79)(H,63,64,66,67). The van der Waals surface area contributed by atoms with Crippen molar-refractivity contribution in [1.82, 2.24) is 46.6 Å². The number of aromatic amines is 1. The molecular formula is C57H92N10O16S. The van der Waals surface area contributed by atoms with Crippen molar-refractivity contribution in [3.8, 4) is 0 Å². The number of aromatic nitrogens is 4. The fraction of sp³-hybridized carbons (Fsp3) is 0.702. The van der Waals surface area contributed by atoms with Gasteiger partial charge in [-0.05, 0) is 83.3 Å². The number of amides is 6. The zero-order valence-electron chi connectivity index (χ0n) is 48.9. The number of sulfonamides is 1. The molecule has 1 aromatic heterocycles. The highest BCUT2D eigenvalue weighted by atomic mass is 32.2. The van der Waals surface area contributed by atoms with E-state index in [1.807, 2.05) is 19.1 Å². The number of rotatable bonds is 53. The van der Waals surface area contributed by atoms with Crippen molar-refractivity contribution in [3.05, 3.63) is 41.2 Å². The molecule has 2 aromatic rings. The van der Waals surface area contributed by atoms with Crippen LogP contribution in [-0.4, -0.2) is 156 Å². The molecule has 3 atom stereocenters. The Morgan fingerprint density at radius 3 is 1.81 bits per heavy atom. The maximum absolute atomic E-state index is 12.6. The van der Waals surface area contributed by atoms with E-state index >= 15 is 0 Å². The lowest BCUT2D eigenvalue weighted by molar-refractivity contribution is -0.145. The molecule has 0 fully saturated rings. The molecular weight excluding hydrogens is 1110 g/mol. The van der Waals surface area contributed by atoms with Gasteiger partial charge in [-0.15, -0.1) is 10.2 Å². The van der Waals surface area contributed by atoms with Crippen LogP contribution >= 0.6 is 0 Å². The van der Waals surface area contributed by atoms with Gasteiger partial charge in [0.2, 0.25) is 39.6 Å². The van der Waals surface area contributed by atoms with Crippen molar-refractivity contribution in [2.24, 2.45) is 11.7 Å². The third kappa shape index (κ3) is 38.2. The molecule has 0 radical (unpaired) electrons. The van der Waals surface area contributed by atoms with Crippen molar-refractivity contribution >= 4 is 69.0 Å². The molecule has 0 aliphatic heterocycles. The summed E-state index contributed by atoms with van der Waals surface area (Å²) in [6, 6.07) is 4.81. The number of hydrogen-bond donors (Lipinski definition) is 9. The second-order valence-corrected chi connectivity index (χ2v) is 22.9. The van der Waals surface area contributed by atoms with E-state index in [2.05, 4.69) is 46.6 Å². The Morgan fingerprint density at radius 2 is 1.18 bits per heavy atom. The molecule has 0 bridgehead atoms. The summed E-state index contributed by atoms with van der Waals surface area (Å²) in [6.45, 7) is 2.32. The lowest BCUT2D eigenvalue weighted by atomic mass is 9.95. The van der Waals surface area contributed by atoms with Gasteiger partial charge in [-0.2, -0.15) is 5.21 Å². The Hall–Kier alpha value is -6.74. The number of H-pyrrole nitrogens is 1. The highest BCUT2D eigenvalue weighted by molar-refractivity contribution is 7.90. The van der Waals surface area contributed by atoms with Crippen LogP contribution in [0, 0.1) is 12.8 Å². The molecule has 1 heterocycles. The van der Waals surface area contributed by atoms with Gasteiger partial charge in [-0.3, -0.25) is 47.9 Å². The average molecular weight is 1210 g/mol. The summed E-state index contributed by atoms with van der Waals surface area (Å²) < 4.78 is 37.6. The number of carboxylic acid groups (broad SMARTS) is 2. The van der Waals surface area contributed by atoms with Crippen LogP contribution in [0.25, 0.3) is 0 Å². The van der Waals surface area contributed by atoms with E-state index in [0.29, 0.717) is 37.8 Å². The number of carbonyl (C=O) groups is 10. The molecule has 3 unspecified atom stereocenters. The van der Waals surface area contributed by atoms with Gasteiger partial charge in [-0.1, -0.05) is 93.5 Å². The summed E-state index contributed by atoms with van der Waals surface area (Å²) in [7, 11) is -3.92. The molecule has 27 heteroatoms. The largest absolute Gasteiger partial charge is 0.481 e. The highest BCUT2D eigenvalue weighted by Crippen LogP contribution is 2.17. The van der Waals surface area contributed by atoms with E-state index in [1.165, 1.54) is 44.9 Å². The summed E-state index contributed by atoms with van der Waals surface area (Å²) in [4.78, 5) is 123. The first-order valence-electron chi connectivity index (χ1n) is 29.6. The SMILES string of the molecule is Cc1ccc(C(=O)NCCCCC(NC(=O)COCCOCCCC(=O)CCC(NC(=O)CCC(CC(=O)CCCNC(=O)CCCS(=O)(=O)NC(=O)CCCCCCCCCCCCCCCc2nn[nH]n2)C(=O)O)C(=O)O)C(N)=O)cc1. The van der Waals surface area contributed by atoms with Gasteiger partial charge in [0.05, 0.1) is 24.9 Å². The number of primary amides is 1. The number of nitrogens with one attached hydrogen (secondary N) is 6. The van der Waals surface area contributed by atoms with Crippen LogP contribution in [0.4, 0.5) is 0 Å². The van der Waals surface area contributed by atoms with Crippen molar-refractivity contribution in [2.75, 3.05) is 45.3 Å². The predicted molar refractivity (Wildman–Crippen MR) is 309 cm³/mol. The number of aryl methyl sites for hydroxylation is 2. The Balaban J connectivity index is 1.47. The van der Waals surface area contributed by atoms with E-state index in [4.69, 9.17) is 15.2 Å². The first-order chi connectivity index (χ1) is 40.2. The van der Waals surface area contributed by atoms with Crippen LogP contribution in [0.15, 0.2) is 24.3 Å². The lowest BCUT2D eigenvalue weighted by Gasteiger charge is -2.16. The zero-order valence-corrected chi connectivity index (χ0v) is 49.8. The Bertz CT molecular complexity index is 2410. The predicted octanol–water partition coefficient (Wildman–Crippen LogP) is 4.38. The van der Waals surface area contributed by atoms with Gasteiger partial charge in [-0.25, -0.2) is 13.2 Å². The molecule has 472 valence electrons. The van der Waals surface area contributed by atoms with Crippen LogP contribution in [0.3, 0.4) is 0 Å². The quantitative estimate of drug-likeness (QED) is 0.0415. The van der Waals surface area contributed by atoms with Gasteiger partial charge in [0, 0.05) is 76.6 Å². The Labute approximate surface area is 493 Å². The molecule has 0 saturated heterocycles. The van der Waals surface area contributed by atoms with E-state index in [-0.39, 0.29) is 109 Å². The van der Waals surface area contributed by atoms with Gasteiger partial charge in [0.15, 0.2) is 5.82 Å². The van der Waals surface area contributed by atoms with E-state index in [1.54, 1.807) is 12.1 Å². The number of carboxylic acids is 2. The maximum Gasteiger partial charge on any atom is 0.326 e. The third-order valence-corrected chi connectivity index (χ3v) is 15.0. The number of ether oxygens (including phenoxy) is 2. The molecule has 1 aromatic carbocycles. The van der Waals surface area contributed by atoms with E-state index in [0.717, 1.165) is 49.9 Å². The molecule has 6 amide bonds. The maximum atomic E-state index is 12.6. The minimum Gasteiger partial charge on any atom is -0.481 e.